The zero-order valence-corrected chi connectivity index (χ0v) is 13.6. The summed E-state index contributed by atoms with van der Waals surface area (Å²) in [6, 6.07) is 10.3. The van der Waals surface area contributed by atoms with E-state index in [0.717, 1.165) is 4.47 Å². The molecule has 0 bridgehead atoms. The number of carbonyl (C=O) groups is 1. The standard InChI is InChI=1S/C16H15BrO4/c1-19-11-6-4-10(5-7-11)16(18)12-8-15(21-3)13(17)9-14(12)20-2/h4-9H,1-3H3. The SMILES string of the molecule is COc1ccc(C(=O)c2cc(OC)c(Br)cc2OC)cc1. The Balaban J connectivity index is 2.45. The summed E-state index contributed by atoms with van der Waals surface area (Å²) < 4.78 is 16.3. The molecular formula is C16H15BrO4. The first-order valence-electron chi connectivity index (χ1n) is 6.21. The van der Waals surface area contributed by atoms with Gasteiger partial charge in [0.2, 0.25) is 0 Å². The van der Waals surface area contributed by atoms with Gasteiger partial charge >= 0.3 is 0 Å². The number of rotatable bonds is 5. The molecule has 0 atom stereocenters. The lowest BCUT2D eigenvalue weighted by atomic mass is 10.0. The van der Waals surface area contributed by atoms with Crippen molar-refractivity contribution >= 4 is 21.7 Å². The van der Waals surface area contributed by atoms with Crippen LogP contribution in [0.3, 0.4) is 0 Å². The number of hydrogen-bond acceptors (Lipinski definition) is 4. The molecule has 0 aliphatic rings. The van der Waals surface area contributed by atoms with Crippen LogP contribution in [0.5, 0.6) is 17.2 Å². The fraction of sp³-hybridized carbons (Fsp3) is 0.188. The summed E-state index contributed by atoms with van der Waals surface area (Å²) in [5, 5.41) is 0. The second kappa shape index (κ2) is 6.63. The van der Waals surface area contributed by atoms with Crippen molar-refractivity contribution in [2.24, 2.45) is 0 Å². The molecule has 4 nitrogen and oxygen atoms in total. The largest absolute Gasteiger partial charge is 0.497 e. The Morgan fingerprint density at radius 2 is 1.52 bits per heavy atom. The van der Waals surface area contributed by atoms with Gasteiger partial charge in [0.1, 0.15) is 17.2 Å². The molecule has 0 aromatic heterocycles. The Morgan fingerprint density at radius 1 is 0.905 bits per heavy atom. The van der Waals surface area contributed by atoms with Gasteiger partial charge in [-0.05, 0) is 52.3 Å². The topological polar surface area (TPSA) is 44.8 Å². The second-order valence-electron chi connectivity index (χ2n) is 4.24. The third-order valence-corrected chi connectivity index (χ3v) is 3.69. The highest BCUT2D eigenvalue weighted by Crippen LogP contribution is 2.34. The van der Waals surface area contributed by atoms with Gasteiger partial charge in [0, 0.05) is 5.56 Å². The van der Waals surface area contributed by atoms with Crippen molar-refractivity contribution in [2.45, 2.75) is 0 Å². The van der Waals surface area contributed by atoms with E-state index in [2.05, 4.69) is 15.9 Å². The van der Waals surface area contributed by atoms with Crippen LogP contribution in [0.2, 0.25) is 0 Å². The maximum absolute atomic E-state index is 12.6. The zero-order chi connectivity index (χ0) is 15.4. The van der Waals surface area contributed by atoms with Crippen LogP contribution in [0.4, 0.5) is 0 Å². The summed E-state index contributed by atoms with van der Waals surface area (Å²) in [5.41, 5.74) is 1.00. The van der Waals surface area contributed by atoms with Crippen LogP contribution in [0.1, 0.15) is 15.9 Å². The first kappa shape index (κ1) is 15.4. The van der Waals surface area contributed by atoms with Gasteiger partial charge < -0.3 is 14.2 Å². The van der Waals surface area contributed by atoms with Gasteiger partial charge in [0.25, 0.3) is 0 Å². The molecule has 0 fully saturated rings. The van der Waals surface area contributed by atoms with E-state index in [4.69, 9.17) is 14.2 Å². The number of carbonyl (C=O) groups excluding carboxylic acids is 1. The van der Waals surface area contributed by atoms with Gasteiger partial charge in [-0.3, -0.25) is 4.79 Å². The summed E-state index contributed by atoms with van der Waals surface area (Å²) in [5.74, 6) is 1.63. The molecule has 5 heteroatoms. The summed E-state index contributed by atoms with van der Waals surface area (Å²) in [7, 11) is 4.66. The lowest BCUT2D eigenvalue weighted by Gasteiger charge is -2.12. The number of ether oxygens (including phenoxy) is 3. The number of halogens is 1. The third kappa shape index (κ3) is 3.19. The van der Waals surface area contributed by atoms with E-state index >= 15 is 0 Å². The molecule has 2 aromatic rings. The van der Waals surface area contributed by atoms with Crippen LogP contribution in [-0.2, 0) is 0 Å². The van der Waals surface area contributed by atoms with Crippen molar-refractivity contribution in [1.82, 2.24) is 0 Å². The van der Waals surface area contributed by atoms with Crippen molar-refractivity contribution in [2.75, 3.05) is 21.3 Å². The van der Waals surface area contributed by atoms with E-state index < -0.39 is 0 Å². The van der Waals surface area contributed by atoms with Gasteiger partial charge in [-0.2, -0.15) is 0 Å². The molecule has 0 aliphatic heterocycles. The number of ketones is 1. The molecule has 2 rings (SSSR count). The van der Waals surface area contributed by atoms with Gasteiger partial charge in [0.15, 0.2) is 5.78 Å². The Morgan fingerprint density at radius 3 is 2.05 bits per heavy atom. The van der Waals surface area contributed by atoms with Crippen molar-refractivity contribution in [3.05, 3.63) is 52.0 Å². The monoisotopic (exact) mass is 350 g/mol. The number of hydrogen-bond donors (Lipinski definition) is 0. The Labute approximate surface area is 131 Å². The maximum Gasteiger partial charge on any atom is 0.196 e. The Bertz CT molecular complexity index is 650. The maximum atomic E-state index is 12.6. The van der Waals surface area contributed by atoms with Crippen molar-refractivity contribution in [3.8, 4) is 17.2 Å². The highest BCUT2D eigenvalue weighted by molar-refractivity contribution is 9.10. The van der Waals surface area contributed by atoms with E-state index in [0.29, 0.717) is 28.4 Å². The molecule has 0 saturated heterocycles. The smallest absolute Gasteiger partial charge is 0.196 e. The molecule has 0 heterocycles. The summed E-state index contributed by atoms with van der Waals surface area (Å²) in [6.07, 6.45) is 0. The van der Waals surface area contributed by atoms with E-state index in [9.17, 15) is 4.79 Å². The minimum Gasteiger partial charge on any atom is -0.497 e. The predicted octanol–water partition coefficient (Wildman–Crippen LogP) is 3.71. The molecule has 0 unspecified atom stereocenters. The molecule has 21 heavy (non-hydrogen) atoms. The highest BCUT2D eigenvalue weighted by atomic mass is 79.9. The van der Waals surface area contributed by atoms with E-state index in [-0.39, 0.29) is 5.78 Å². The lowest BCUT2D eigenvalue weighted by molar-refractivity contribution is 0.103. The third-order valence-electron chi connectivity index (χ3n) is 3.07. The first-order valence-corrected chi connectivity index (χ1v) is 7.00. The van der Waals surface area contributed by atoms with E-state index in [1.165, 1.54) is 7.11 Å². The normalized spacial score (nSPS) is 10.1. The van der Waals surface area contributed by atoms with E-state index in [1.807, 2.05) is 0 Å². The van der Waals surface area contributed by atoms with Crippen LogP contribution in [0.15, 0.2) is 40.9 Å². The molecule has 0 amide bonds. The molecule has 0 saturated carbocycles. The second-order valence-corrected chi connectivity index (χ2v) is 5.10. The fourth-order valence-corrected chi connectivity index (χ4v) is 2.42. The average Bonchev–Trinajstić information content (AvgIpc) is 2.54. The van der Waals surface area contributed by atoms with Gasteiger partial charge in [0.05, 0.1) is 31.4 Å². The summed E-state index contributed by atoms with van der Waals surface area (Å²) in [4.78, 5) is 12.6. The average molecular weight is 351 g/mol. The molecule has 0 aliphatic carbocycles. The van der Waals surface area contributed by atoms with Crippen LogP contribution in [-0.4, -0.2) is 27.1 Å². The molecule has 2 aromatic carbocycles. The van der Waals surface area contributed by atoms with Gasteiger partial charge in [-0.1, -0.05) is 0 Å². The predicted molar refractivity (Wildman–Crippen MR) is 83.7 cm³/mol. The van der Waals surface area contributed by atoms with Crippen molar-refractivity contribution < 1.29 is 19.0 Å². The summed E-state index contributed by atoms with van der Waals surface area (Å²) in [6.45, 7) is 0. The van der Waals surface area contributed by atoms with Gasteiger partial charge in [-0.15, -0.1) is 0 Å². The van der Waals surface area contributed by atoms with E-state index in [1.54, 1.807) is 50.6 Å². The molecule has 110 valence electrons. The molecular weight excluding hydrogens is 336 g/mol. The summed E-state index contributed by atoms with van der Waals surface area (Å²) >= 11 is 3.37. The fourth-order valence-electron chi connectivity index (χ4n) is 1.94. The zero-order valence-electron chi connectivity index (χ0n) is 12.0. The molecule has 0 spiro atoms. The van der Waals surface area contributed by atoms with Crippen molar-refractivity contribution in [3.63, 3.8) is 0 Å². The Kier molecular flexibility index (Phi) is 4.85. The minimum atomic E-state index is -0.139. The molecule has 0 N–H and O–H groups in total. The Hall–Kier alpha value is -2.01. The van der Waals surface area contributed by atoms with Crippen LogP contribution >= 0.6 is 15.9 Å². The molecule has 0 radical (unpaired) electrons. The first-order chi connectivity index (χ1) is 10.1. The highest BCUT2D eigenvalue weighted by Gasteiger charge is 2.17. The minimum absolute atomic E-state index is 0.139. The van der Waals surface area contributed by atoms with Crippen LogP contribution < -0.4 is 14.2 Å². The van der Waals surface area contributed by atoms with Crippen LogP contribution in [0.25, 0.3) is 0 Å². The lowest BCUT2D eigenvalue weighted by Crippen LogP contribution is -2.05. The number of methoxy groups -OCH3 is 3. The quantitative estimate of drug-likeness (QED) is 0.771. The van der Waals surface area contributed by atoms with Crippen LogP contribution in [0, 0.1) is 0 Å². The number of benzene rings is 2. The van der Waals surface area contributed by atoms with Crippen molar-refractivity contribution in [1.29, 1.82) is 0 Å². The van der Waals surface area contributed by atoms with Gasteiger partial charge in [-0.25, -0.2) is 0 Å².